The van der Waals surface area contributed by atoms with Crippen molar-refractivity contribution in [2.75, 3.05) is 13.1 Å². The van der Waals surface area contributed by atoms with Crippen LogP contribution in [0.25, 0.3) is 0 Å². The predicted octanol–water partition coefficient (Wildman–Crippen LogP) is 3.09. The van der Waals surface area contributed by atoms with E-state index in [2.05, 4.69) is 0 Å². The first-order valence-corrected chi connectivity index (χ1v) is 9.41. The van der Waals surface area contributed by atoms with E-state index in [-0.39, 0.29) is 12.4 Å². The molecular weight excluding hydrogens is 327 g/mol. The molecule has 0 saturated carbocycles. The Bertz CT molecular complexity index is 806. The van der Waals surface area contributed by atoms with Gasteiger partial charge in [0.25, 0.3) is 10.2 Å². The molecule has 1 aliphatic heterocycles. The molecule has 1 fully saturated rings. The van der Waals surface area contributed by atoms with Gasteiger partial charge in [0.15, 0.2) is 0 Å². The minimum Gasteiger partial charge on any atom is -0.207 e. The summed E-state index contributed by atoms with van der Waals surface area (Å²) in [6.07, 6.45) is 0.736. The van der Waals surface area contributed by atoms with Crippen LogP contribution >= 0.6 is 0 Å². The van der Waals surface area contributed by atoms with Crippen LogP contribution in [-0.4, -0.2) is 30.1 Å². The maximum absolute atomic E-state index is 13.8. The molecule has 0 N–H and O–H groups in total. The first-order valence-electron chi connectivity index (χ1n) is 8.01. The first-order chi connectivity index (χ1) is 11.5. The number of aryl methyl sites for hydroxylation is 1. The molecule has 0 aromatic heterocycles. The second-order valence-corrected chi connectivity index (χ2v) is 8.03. The third-order valence-corrected chi connectivity index (χ3v) is 6.18. The number of rotatable bonds is 4. The maximum Gasteiger partial charge on any atom is 0.282 e. The summed E-state index contributed by atoms with van der Waals surface area (Å²) in [6, 6.07) is 14.2. The van der Waals surface area contributed by atoms with E-state index in [9.17, 15) is 12.8 Å². The van der Waals surface area contributed by atoms with E-state index >= 15 is 0 Å². The average molecular weight is 348 g/mol. The van der Waals surface area contributed by atoms with Gasteiger partial charge in [-0.05, 0) is 25.0 Å². The van der Waals surface area contributed by atoms with Gasteiger partial charge in [0.05, 0.1) is 0 Å². The fraction of sp³-hybridized carbons (Fsp3) is 0.333. The van der Waals surface area contributed by atoms with Gasteiger partial charge in [0, 0.05) is 31.7 Å². The monoisotopic (exact) mass is 348 g/mol. The average Bonchev–Trinajstić information content (AvgIpc) is 2.55. The van der Waals surface area contributed by atoms with E-state index in [1.54, 1.807) is 18.2 Å². The quantitative estimate of drug-likeness (QED) is 0.852. The van der Waals surface area contributed by atoms with Crippen molar-refractivity contribution < 1.29 is 12.8 Å². The topological polar surface area (TPSA) is 40.6 Å². The molecule has 0 spiro atoms. The van der Waals surface area contributed by atoms with Crippen LogP contribution in [0.2, 0.25) is 0 Å². The fourth-order valence-corrected chi connectivity index (χ4v) is 4.51. The molecule has 0 amide bonds. The van der Waals surface area contributed by atoms with Gasteiger partial charge in [-0.2, -0.15) is 17.0 Å². The van der Waals surface area contributed by atoms with Gasteiger partial charge in [-0.15, -0.1) is 0 Å². The Morgan fingerprint density at radius 2 is 1.58 bits per heavy atom. The molecule has 2 aromatic carbocycles. The first kappa shape index (κ1) is 17.1. The van der Waals surface area contributed by atoms with E-state index in [1.807, 2.05) is 31.2 Å². The van der Waals surface area contributed by atoms with Crippen LogP contribution in [0.1, 0.15) is 23.1 Å². The summed E-state index contributed by atoms with van der Waals surface area (Å²) in [6.45, 7) is 3.32. The zero-order valence-electron chi connectivity index (χ0n) is 13.7. The molecule has 0 aliphatic carbocycles. The largest absolute Gasteiger partial charge is 0.282 e. The minimum atomic E-state index is -3.59. The summed E-state index contributed by atoms with van der Waals surface area (Å²) in [4.78, 5) is 0. The maximum atomic E-state index is 13.8. The lowest BCUT2D eigenvalue weighted by Gasteiger charge is -2.34. The van der Waals surface area contributed by atoms with Gasteiger partial charge in [-0.25, -0.2) is 4.39 Å². The third-order valence-electron chi connectivity index (χ3n) is 4.25. The predicted molar refractivity (Wildman–Crippen MR) is 91.9 cm³/mol. The Morgan fingerprint density at radius 3 is 2.25 bits per heavy atom. The second kappa shape index (κ2) is 7.01. The highest BCUT2D eigenvalue weighted by Gasteiger charge is 2.33. The van der Waals surface area contributed by atoms with Crippen LogP contribution in [0.3, 0.4) is 0 Å². The van der Waals surface area contributed by atoms with Crippen LogP contribution < -0.4 is 0 Å². The van der Waals surface area contributed by atoms with E-state index in [0.29, 0.717) is 25.2 Å². The number of halogens is 1. The van der Waals surface area contributed by atoms with Gasteiger partial charge in [0.1, 0.15) is 5.82 Å². The van der Waals surface area contributed by atoms with E-state index in [0.717, 1.165) is 17.5 Å². The summed E-state index contributed by atoms with van der Waals surface area (Å²) in [5.41, 5.74) is 2.50. The van der Waals surface area contributed by atoms with Crippen LogP contribution in [0, 0.1) is 12.7 Å². The van der Waals surface area contributed by atoms with Gasteiger partial charge in [-0.1, -0.05) is 48.0 Å². The van der Waals surface area contributed by atoms with Crippen molar-refractivity contribution in [2.45, 2.75) is 26.4 Å². The van der Waals surface area contributed by atoms with Crippen molar-refractivity contribution in [3.63, 3.8) is 0 Å². The molecule has 0 atom stereocenters. The molecule has 0 unspecified atom stereocenters. The van der Waals surface area contributed by atoms with Gasteiger partial charge in [0.2, 0.25) is 0 Å². The molecule has 6 heteroatoms. The van der Waals surface area contributed by atoms with Crippen LogP contribution in [-0.2, 0) is 23.3 Å². The smallest absolute Gasteiger partial charge is 0.207 e. The molecule has 4 nitrogen and oxygen atoms in total. The summed E-state index contributed by atoms with van der Waals surface area (Å²) >= 11 is 0. The summed E-state index contributed by atoms with van der Waals surface area (Å²) in [7, 11) is -3.59. The van der Waals surface area contributed by atoms with Crippen LogP contribution in [0.5, 0.6) is 0 Å². The van der Waals surface area contributed by atoms with Crippen molar-refractivity contribution in [1.29, 1.82) is 0 Å². The SMILES string of the molecule is Cc1ccc(CN2CCCN(Cc3ccccc3F)S2(=O)=O)cc1. The highest BCUT2D eigenvalue weighted by Crippen LogP contribution is 2.22. The summed E-state index contributed by atoms with van der Waals surface area (Å²) in [5.74, 6) is -0.372. The molecule has 1 saturated heterocycles. The number of hydrogen-bond acceptors (Lipinski definition) is 2. The molecule has 24 heavy (non-hydrogen) atoms. The van der Waals surface area contributed by atoms with E-state index in [1.165, 1.54) is 14.7 Å². The number of benzene rings is 2. The van der Waals surface area contributed by atoms with Crippen molar-refractivity contribution in [3.05, 3.63) is 71.0 Å². The van der Waals surface area contributed by atoms with Gasteiger partial charge in [-0.3, -0.25) is 0 Å². The Kier molecular flexibility index (Phi) is 4.99. The van der Waals surface area contributed by atoms with Crippen molar-refractivity contribution >= 4 is 10.2 Å². The van der Waals surface area contributed by atoms with Crippen LogP contribution in [0.15, 0.2) is 48.5 Å². The van der Waals surface area contributed by atoms with Crippen LogP contribution in [0.4, 0.5) is 4.39 Å². The molecule has 0 bridgehead atoms. The zero-order chi connectivity index (χ0) is 17.2. The van der Waals surface area contributed by atoms with Crippen molar-refractivity contribution in [2.24, 2.45) is 0 Å². The lowest BCUT2D eigenvalue weighted by molar-refractivity contribution is 0.274. The lowest BCUT2D eigenvalue weighted by atomic mass is 10.1. The van der Waals surface area contributed by atoms with Gasteiger partial charge < -0.3 is 0 Å². The fourth-order valence-electron chi connectivity index (χ4n) is 2.85. The molecule has 2 aromatic rings. The number of hydrogen-bond donors (Lipinski definition) is 0. The Labute approximate surface area is 142 Å². The summed E-state index contributed by atoms with van der Waals surface area (Å²) < 4.78 is 42.3. The molecule has 1 heterocycles. The normalized spacial score (nSPS) is 18.6. The van der Waals surface area contributed by atoms with Gasteiger partial charge >= 0.3 is 0 Å². The number of nitrogens with zero attached hydrogens (tertiary/aromatic N) is 2. The molecule has 0 radical (unpaired) electrons. The molecule has 3 rings (SSSR count). The molecule has 128 valence electrons. The lowest BCUT2D eigenvalue weighted by Crippen LogP contribution is -2.48. The van der Waals surface area contributed by atoms with Crippen molar-refractivity contribution in [1.82, 2.24) is 8.61 Å². The Hall–Kier alpha value is -1.76. The Morgan fingerprint density at radius 1 is 0.958 bits per heavy atom. The standard InChI is InChI=1S/C18H21FN2O2S/c1-15-7-9-16(10-8-15)13-20-11-4-12-21(24(20,22)23)14-17-5-2-3-6-18(17)19/h2-3,5-10H,4,11-14H2,1H3. The third kappa shape index (κ3) is 3.66. The Balaban J connectivity index is 1.78. The molecule has 1 aliphatic rings. The summed E-state index contributed by atoms with van der Waals surface area (Å²) in [5, 5.41) is 0. The minimum absolute atomic E-state index is 0.0689. The molecular formula is C18H21FN2O2S. The zero-order valence-corrected chi connectivity index (χ0v) is 14.5. The van der Waals surface area contributed by atoms with E-state index in [4.69, 9.17) is 0 Å². The second-order valence-electron chi connectivity index (χ2n) is 6.11. The highest BCUT2D eigenvalue weighted by atomic mass is 32.2. The van der Waals surface area contributed by atoms with Crippen molar-refractivity contribution in [3.8, 4) is 0 Å². The van der Waals surface area contributed by atoms with E-state index < -0.39 is 10.2 Å². The highest BCUT2D eigenvalue weighted by molar-refractivity contribution is 7.86.